The molecular formula is C14H17ClO2S. The average Bonchev–Trinajstić information content (AvgIpc) is 2.27. The standard InChI is InChI=1S/C14H17ClO2S/c1-18-13-6-5-10(8-12(13)15)11(14(16)17)7-9-3-2-4-9/h5-6,8-9,11H,2-4,7H2,1H3,(H,16,17). The Morgan fingerprint density at radius 1 is 1.56 bits per heavy atom. The maximum Gasteiger partial charge on any atom is 0.310 e. The van der Waals surface area contributed by atoms with Crippen molar-refractivity contribution in [2.24, 2.45) is 5.92 Å². The van der Waals surface area contributed by atoms with Crippen LogP contribution in [0.3, 0.4) is 0 Å². The van der Waals surface area contributed by atoms with Crippen molar-refractivity contribution in [1.82, 2.24) is 0 Å². The van der Waals surface area contributed by atoms with Gasteiger partial charge in [-0.15, -0.1) is 11.8 Å². The summed E-state index contributed by atoms with van der Waals surface area (Å²) in [5.74, 6) is -0.580. The van der Waals surface area contributed by atoms with Crippen LogP contribution < -0.4 is 0 Å². The number of halogens is 1. The number of rotatable bonds is 5. The number of benzene rings is 1. The maximum atomic E-state index is 11.4. The fraction of sp³-hybridized carbons (Fsp3) is 0.500. The monoisotopic (exact) mass is 284 g/mol. The highest BCUT2D eigenvalue weighted by Crippen LogP contribution is 2.37. The molecule has 0 saturated heterocycles. The van der Waals surface area contributed by atoms with Crippen molar-refractivity contribution in [2.45, 2.75) is 36.5 Å². The van der Waals surface area contributed by atoms with E-state index < -0.39 is 11.9 Å². The molecule has 18 heavy (non-hydrogen) atoms. The molecule has 98 valence electrons. The Hall–Kier alpha value is -0.670. The number of carbonyl (C=O) groups is 1. The van der Waals surface area contributed by atoms with Gasteiger partial charge in [-0.3, -0.25) is 4.79 Å². The highest BCUT2D eigenvalue weighted by Gasteiger charge is 2.27. The number of carboxylic acids is 1. The first-order chi connectivity index (χ1) is 8.61. The summed E-state index contributed by atoms with van der Waals surface area (Å²) in [5, 5.41) is 10.0. The quantitative estimate of drug-likeness (QED) is 0.813. The van der Waals surface area contributed by atoms with Gasteiger partial charge in [-0.05, 0) is 36.3 Å². The molecule has 2 rings (SSSR count). The van der Waals surface area contributed by atoms with Crippen LogP contribution in [-0.4, -0.2) is 17.3 Å². The molecular weight excluding hydrogens is 268 g/mol. The Morgan fingerprint density at radius 2 is 2.28 bits per heavy atom. The van der Waals surface area contributed by atoms with Crippen LogP contribution in [0, 0.1) is 5.92 Å². The lowest BCUT2D eigenvalue weighted by Crippen LogP contribution is -2.20. The van der Waals surface area contributed by atoms with Gasteiger partial charge in [-0.2, -0.15) is 0 Å². The van der Waals surface area contributed by atoms with Crippen molar-refractivity contribution in [3.05, 3.63) is 28.8 Å². The largest absolute Gasteiger partial charge is 0.481 e. The first-order valence-corrected chi connectivity index (χ1v) is 7.78. The Kier molecular flexibility index (Phi) is 4.57. The third-order valence-corrected chi connectivity index (χ3v) is 4.89. The molecule has 1 unspecified atom stereocenters. The van der Waals surface area contributed by atoms with Gasteiger partial charge in [0.2, 0.25) is 0 Å². The normalized spacial score (nSPS) is 17.2. The van der Waals surface area contributed by atoms with Crippen molar-refractivity contribution in [3.8, 4) is 0 Å². The zero-order valence-electron chi connectivity index (χ0n) is 10.4. The summed E-state index contributed by atoms with van der Waals surface area (Å²) in [5.41, 5.74) is 0.831. The van der Waals surface area contributed by atoms with Crippen LogP contribution in [0.1, 0.15) is 37.2 Å². The van der Waals surface area contributed by atoms with Crippen LogP contribution in [0.25, 0.3) is 0 Å². The van der Waals surface area contributed by atoms with Crippen LogP contribution >= 0.6 is 23.4 Å². The van der Waals surface area contributed by atoms with Crippen molar-refractivity contribution < 1.29 is 9.90 Å². The Bertz CT molecular complexity index is 443. The minimum absolute atomic E-state index is 0.413. The van der Waals surface area contributed by atoms with E-state index in [2.05, 4.69) is 0 Å². The van der Waals surface area contributed by atoms with E-state index in [0.717, 1.165) is 16.9 Å². The lowest BCUT2D eigenvalue weighted by molar-refractivity contribution is -0.139. The van der Waals surface area contributed by atoms with Gasteiger partial charge < -0.3 is 5.11 Å². The topological polar surface area (TPSA) is 37.3 Å². The Balaban J connectivity index is 2.18. The molecule has 0 bridgehead atoms. The second-order valence-electron chi connectivity index (χ2n) is 4.82. The van der Waals surface area contributed by atoms with Crippen LogP contribution in [0.15, 0.2) is 23.1 Å². The molecule has 1 saturated carbocycles. The molecule has 0 spiro atoms. The van der Waals surface area contributed by atoms with Crippen molar-refractivity contribution >= 4 is 29.3 Å². The Morgan fingerprint density at radius 3 is 2.72 bits per heavy atom. The third-order valence-electron chi connectivity index (χ3n) is 3.67. The lowest BCUT2D eigenvalue weighted by Gasteiger charge is -2.28. The van der Waals surface area contributed by atoms with E-state index in [4.69, 9.17) is 11.6 Å². The molecule has 1 N–H and O–H groups in total. The zero-order valence-corrected chi connectivity index (χ0v) is 11.9. The van der Waals surface area contributed by atoms with Gasteiger partial charge in [0.25, 0.3) is 0 Å². The summed E-state index contributed by atoms with van der Waals surface area (Å²) in [6.07, 6.45) is 6.28. The number of thioether (sulfide) groups is 1. The predicted molar refractivity (Wildman–Crippen MR) is 75.6 cm³/mol. The maximum absolute atomic E-state index is 11.4. The number of carboxylic acid groups (broad SMARTS) is 1. The second-order valence-corrected chi connectivity index (χ2v) is 6.07. The summed E-state index contributed by atoms with van der Waals surface area (Å²) in [7, 11) is 0. The molecule has 0 aliphatic heterocycles. The number of hydrogen-bond acceptors (Lipinski definition) is 2. The fourth-order valence-electron chi connectivity index (χ4n) is 2.34. The van der Waals surface area contributed by atoms with Crippen molar-refractivity contribution in [2.75, 3.05) is 6.26 Å². The lowest BCUT2D eigenvalue weighted by atomic mass is 9.77. The smallest absolute Gasteiger partial charge is 0.310 e. The van der Waals surface area contributed by atoms with E-state index in [1.807, 2.05) is 24.5 Å². The second kappa shape index (κ2) is 5.98. The average molecular weight is 285 g/mol. The molecule has 0 aromatic heterocycles. The van der Waals surface area contributed by atoms with E-state index in [1.165, 1.54) is 19.3 Å². The van der Waals surface area contributed by atoms with E-state index in [9.17, 15) is 9.90 Å². The Labute approximate surface area is 117 Å². The summed E-state index contributed by atoms with van der Waals surface area (Å²) >= 11 is 7.72. The van der Waals surface area contributed by atoms with Crippen LogP contribution in [-0.2, 0) is 4.79 Å². The molecule has 4 heteroatoms. The first kappa shape index (κ1) is 13.8. The summed E-state index contributed by atoms with van der Waals surface area (Å²) < 4.78 is 0. The van der Waals surface area contributed by atoms with Crippen molar-refractivity contribution in [3.63, 3.8) is 0 Å². The zero-order chi connectivity index (χ0) is 13.1. The molecule has 2 nitrogen and oxygen atoms in total. The third kappa shape index (κ3) is 3.01. The predicted octanol–water partition coefficient (Wildman–Crippen LogP) is 4.42. The van der Waals surface area contributed by atoms with E-state index in [-0.39, 0.29) is 0 Å². The molecule has 0 heterocycles. The van der Waals surface area contributed by atoms with Crippen LogP contribution in [0.2, 0.25) is 5.02 Å². The molecule has 0 amide bonds. The number of hydrogen-bond donors (Lipinski definition) is 1. The molecule has 1 aromatic carbocycles. The van der Waals surface area contributed by atoms with Gasteiger partial charge in [-0.1, -0.05) is 36.9 Å². The van der Waals surface area contributed by atoms with Gasteiger partial charge in [0.1, 0.15) is 0 Å². The van der Waals surface area contributed by atoms with E-state index in [1.54, 1.807) is 11.8 Å². The molecule has 1 aliphatic rings. The van der Waals surface area contributed by atoms with Gasteiger partial charge >= 0.3 is 5.97 Å². The van der Waals surface area contributed by atoms with Crippen LogP contribution in [0.4, 0.5) is 0 Å². The van der Waals surface area contributed by atoms with E-state index >= 15 is 0 Å². The summed E-state index contributed by atoms with van der Waals surface area (Å²) in [4.78, 5) is 12.4. The molecule has 1 aliphatic carbocycles. The van der Waals surface area contributed by atoms with Gasteiger partial charge in [-0.25, -0.2) is 0 Å². The fourth-order valence-corrected chi connectivity index (χ4v) is 3.22. The minimum Gasteiger partial charge on any atom is -0.481 e. The van der Waals surface area contributed by atoms with Crippen molar-refractivity contribution in [1.29, 1.82) is 0 Å². The molecule has 1 atom stereocenters. The highest BCUT2D eigenvalue weighted by molar-refractivity contribution is 7.98. The SMILES string of the molecule is CSc1ccc(C(CC2CCC2)C(=O)O)cc1Cl. The summed E-state index contributed by atoms with van der Waals surface area (Å²) in [6.45, 7) is 0. The van der Waals surface area contributed by atoms with E-state index in [0.29, 0.717) is 10.9 Å². The van der Waals surface area contributed by atoms with Crippen LogP contribution in [0.5, 0.6) is 0 Å². The van der Waals surface area contributed by atoms with Gasteiger partial charge in [0.15, 0.2) is 0 Å². The highest BCUT2D eigenvalue weighted by atomic mass is 35.5. The minimum atomic E-state index is -0.741. The van der Waals surface area contributed by atoms with Gasteiger partial charge in [0, 0.05) is 4.90 Å². The molecule has 1 aromatic rings. The summed E-state index contributed by atoms with van der Waals surface area (Å²) in [6, 6.07) is 5.62. The first-order valence-electron chi connectivity index (χ1n) is 6.18. The number of aliphatic carboxylic acids is 1. The molecule has 0 radical (unpaired) electrons. The van der Waals surface area contributed by atoms with Gasteiger partial charge in [0.05, 0.1) is 10.9 Å². The molecule has 1 fully saturated rings.